The van der Waals surface area contributed by atoms with E-state index in [1.54, 1.807) is 18.6 Å². The summed E-state index contributed by atoms with van der Waals surface area (Å²) < 4.78 is 0. The molecule has 14 heavy (non-hydrogen) atoms. The van der Waals surface area contributed by atoms with Gasteiger partial charge < -0.3 is 4.98 Å². The van der Waals surface area contributed by atoms with E-state index < -0.39 is 0 Å². The highest BCUT2D eigenvalue weighted by Gasteiger charge is 2.11. The number of aromatic nitrogens is 3. The van der Waals surface area contributed by atoms with Gasteiger partial charge in [0.1, 0.15) is 0 Å². The molecule has 0 saturated carbocycles. The Morgan fingerprint density at radius 2 is 2.21 bits per heavy atom. The second kappa shape index (κ2) is 3.21. The van der Waals surface area contributed by atoms with Crippen LogP contribution in [0.4, 0.5) is 0 Å². The molecule has 0 amide bonds. The first kappa shape index (κ1) is 8.87. The zero-order chi connectivity index (χ0) is 10.1. The summed E-state index contributed by atoms with van der Waals surface area (Å²) in [6.07, 6.45) is 3.15. The number of hydrogen-bond donors (Lipinski definition) is 1. The Balaban J connectivity index is 2.48. The van der Waals surface area contributed by atoms with E-state index in [0.29, 0.717) is 11.2 Å². The van der Waals surface area contributed by atoms with Gasteiger partial charge in [0, 0.05) is 17.7 Å². The lowest BCUT2D eigenvalue weighted by Gasteiger charge is -2.02. The molecule has 0 radical (unpaired) electrons. The van der Waals surface area contributed by atoms with Crippen LogP contribution >= 0.6 is 0 Å². The molecule has 0 atom stereocenters. The van der Waals surface area contributed by atoms with Crippen LogP contribution in [-0.4, -0.2) is 20.7 Å². The monoisotopic (exact) mass is 189 g/mol. The second-order valence-electron chi connectivity index (χ2n) is 3.52. The van der Waals surface area contributed by atoms with Crippen molar-refractivity contribution in [2.75, 3.05) is 0 Å². The molecule has 4 nitrogen and oxygen atoms in total. The minimum atomic E-state index is -0.00262. The number of carbonyl (C=O) groups excluding carboxylic acids is 1. The summed E-state index contributed by atoms with van der Waals surface area (Å²) in [6, 6.07) is 1.79. The van der Waals surface area contributed by atoms with Crippen molar-refractivity contribution in [3.8, 4) is 0 Å². The number of H-pyrrole nitrogens is 1. The van der Waals surface area contributed by atoms with Gasteiger partial charge >= 0.3 is 0 Å². The molecule has 1 N–H and O–H groups in total. The molecule has 0 unspecified atom stereocenters. The van der Waals surface area contributed by atoms with Crippen LogP contribution in [0.15, 0.2) is 18.6 Å². The van der Waals surface area contributed by atoms with Crippen LogP contribution in [0.2, 0.25) is 0 Å². The molecule has 0 aliphatic rings. The first-order valence-corrected chi connectivity index (χ1v) is 4.52. The summed E-state index contributed by atoms with van der Waals surface area (Å²) in [7, 11) is 0. The van der Waals surface area contributed by atoms with E-state index >= 15 is 0 Å². The molecule has 0 aromatic carbocycles. The van der Waals surface area contributed by atoms with Gasteiger partial charge in [0.15, 0.2) is 11.4 Å². The van der Waals surface area contributed by atoms with Crippen molar-refractivity contribution in [1.29, 1.82) is 0 Å². The van der Waals surface area contributed by atoms with E-state index in [1.165, 1.54) is 0 Å². The van der Waals surface area contributed by atoms with Crippen LogP contribution in [0.5, 0.6) is 0 Å². The quantitative estimate of drug-likeness (QED) is 0.733. The van der Waals surface area contributed by atoms with Gasteiger partial charge in [-0.1, -0.05) is 13.8 Å². The zero-order valence-electron chi connectivity index (χ0n) is 8.11. The third kappa shape index (κ3) is 1.39. The number of Topliss-reactive ketones (excluding diaryl/α,β-unsaturated/α-hetero) is 1. The van der Waals surface area contributed by atoms with Crippen LogP contribution < -0.4 is 0 Å². The zero-order valence-corrected chi connectivity index (χ0v) is 8.11. The van der Waals surface area contributed by atoms with Crippen molar-refractivity contribution in [2.45, 2.75) is 13.8 Å². The minimum Gasteiger partial charge on any atom is -0.343 e. The fraction of sp³-hybridized carbons (Fsp3) is 0.300. The standard InChI is InChI=1S/C10H11N3O/c1-6(2)9(14)7-3-8-10(11-4-7)13-5-12-8/h3-6H,1-2H3,(H,11,12,13). The smallest absolute Gasteiger partial charge is 0.177 e. The lowest BCUT2D eigenvalue weighted by Crippen LogP contribution is -2.07. The van der Waals surface area contributed by atoms with E-state index in [0.717, 1.165) is 5.52 Å². The third-order valence-electron chi connectivity index (χ3n) is 2.08. The van der Waals surface area contributed by atoms with Crippen molar-refractivity contribution in [3.63, 3.8) is 0 Å². The van der Waals surface area contributed by atoms with Crippen LogP contribution in [-0.2, 0) is 0 Å². The van der Waals surface area contributed by atoms with Crippen molar-refractivity contribution >= 4 is 16.9 Å². The lowest BCUT2D eigenvalue weighted by atomic mass is 10.0. The van der Waals surface area contributed by atoms with Gasteiger partial charge in [0.25, 0.3) is 0 Å². The molecule has 2 aromatic rings. The maximum atomic E-state index is 11.6. The molecule has 2 rings (SSSR count). The first-order valence-electron chi connectivity index (χ1n) is 4.52. The topological polar surface area (TPSA) is 58.6 Å². The van der Waals surface area contributed by atoms with Crippen LogP contribution in [0.3, 0.4) is 0 Å². The largest absolute Gasteiger partial charge is 0.343 e. The van der Waals surface area contributed by atoms with Gasteiger partial charge in [0.2, 0.25) is 0 Å². The summed E-state index contributed by atoms with van der Waals surface area (Å²) in [6.45, 7) is 3.75. The number of aromatic amines is 1. The fourth-order valence-electron chi connectivity index (χ4n) is 1.30. The number of rotatable bonds is 2. The lowest BCUT2D eigenvalue weighted by molar-refractivity contribution is 0.0939. The predicted octanol–water partition coefficient (Wildman–Crippen LogP) is 1.80. The SMILES string of the molecule is CC(C)C(=O)c1cnc2nc[nH]c2c1. The maximum absolute atomic E-state index is 11.6. The molecule has 0 aliphatic heterocycles. The summed E-state index contributed by atoms with van der Waals surface area (Å²) >= 11 is 0. The number of carbonyl (C=O) groups is 1. The van der Waals surface area contributed by atoms with Crippen molar-refractivity contribution in [3.05, 3.63) is 24.2 Å². The van der Waals surface area contributed by atoms with E-state index in [9.17, 15) is 4.79 Å². The number of nitrogens with one attached hydrogen (secondary N) is 1. The van der Waals surface area contributed by atoms with Gasteiger partial charge in [-0.15, -0.1) is 0 Å². The van der Waals surface area contributed by atoms with Gasteiger partial charge in [0.05, 0.1) is 11.8 Å². The average molecular weight is 189 g/mol. The highest BCUT2D eigenvalue weighted by Crippen LogP contribution is 2.12. The Kier molecular flexibility index (Phi) is 2.04. The minimum absolute atomic E-state index is 0.00262. The summed E-state index contributed by atoms with van der Waals surface area (Å²) in [4.78, 5) is 22.6. The van der Waals surface area contributed by atoms with E-state index in [2.05, 4.69) is 15.0 Å². The molecule has 2 heterocycles. The van der Waals surface area contributed by atoms with Gasteiger partial charge in [-0.3, -0.25) is 4.79 Å². The predicted molar refractivity (Wildman–Crippen MR) is 53.1 cm³/mol. The van der Waals surface area contributed by atoms with Gasteiger partial charge in [-0.25, -0.2) is 9.97 Å². The fourth-order valence-corrected chi connectivity index (χ4v) is 1.30. The van der Waals surface area contributed by atoms with Crippen LogP contribution in [0.1, 0.15) is 24.2 Å². The summed E-state index contributed by atoms with van der Waals surface area (Å²) in [5.41, 5.74) is 2.08. The van der Waals surface area contributed by atoms with E-state index in [-0.39, 0.29) is 11.7 Å². The van der Waals surface area contributed by atoms with Gasteiger partial charge in [-0.2, -0.15) is 0 Å². The first-order chi connectivity index (χ1) is 6.68. The third-order valence-corrected chi connectivity index (χ3v) is 2.08. The molecular formula is C10H11N3O. The van der Waals surface area contributed by atoms with Crippen molar-refractivity contribution < 1.29 is 4.79 Å². The Morgan fingerprint density at radius 1 is 1.43 bits per heavy atom. The molecule has 0 saturated heterocycles. The molecule has 0 fully saturated rings. The van der Waals surface area contributed by atoms with E-state index in [4.69, 9.17) is 0 Å². The second-order valence-corrected chi connectivity index (χ2v) is 3.52. The highest BCUT2D eigenvalue weighted by molar-refractivity contribution is 5.99. The number of fused-ring (bicyclic) bond motifs is 1. The Morgan fingerprint density at radius 3 is 2.93 bits per heavy atom. The molecule has 4 heteroatoms. The average Bonchev–Trinajstić information content (AvgIpc) is 2.62. The number of ketones is 1. The normalized spacial score (nSPS) is 11.1. The number of imidazole rings is 1. The van der Waals surface area contributed by atoms with Gasteiger partial charge in [-0.05, 0) is 6.07 Å². The molecular weight excluding hydrogens is 178 g/mol. The number of hydrogen-bond acceptors (Lipinski definition) is 3. The Labute approximate surface area is 81.4 Å². The molecule has 2 aromatic heterocycles. The van der Waals surface area contributed by atoms with Crippen LogP contribution in [0.25, 0.3) is 11.2 Å². The van der Waals surface area contributed by atoms with E-state index in [1.807, 2.05) is 13.8 Å². The Bertz CT molecular complexity index is 473. The molecule has 72 valence electrons. The molecule has 0 spiro atoms. The maximum Gasteiger partial charge on any atom is 0.177 e. The Hall–Kier alpha value is -1.71. The van der Waals surface area contributed by atoms with Crippen molar-refractivity contribution in [2.24, 2.45) is 5.92 Å². The summed E-state index contributed by atoms with van der Waals surface area (Å²) in [5.74, 6) is 0.103. The highest BCUT2D eigenvalue weighted by atomic mass is 16.1. The number of pyridine rings is 1. The molecule has 0 bridgehead atoms. The summed E-state index contributed by atoms with van der Waals surface area (Å²) in [5, 5.41) is 0. The van der Waals surface area contributed by atoms with Crippen molar-refractivity contribution in [1.82, 2.24) is 15.0 Å². The van der Waals surface area contributed by atoms with Crippen LogP contribution in [0, 0.1) is 5.92 Å². The number of nitrogens with zero attached hydrogens (tertiary/aromatic N) is 2. The molecule has 0 aliphatic carbocycles.